The highest BCUT2D eigenvalue weighted by Gasteiger charge is 2.50. The normalized spacial score (nSPS) is 25.5. The molecule has 1 aliphatic rings. The van der Waals surface area contributed by atoms with E-state index in [0.29, 0.717) is 16.7 Å². The zero-order chi connectivity index (χ0) is 10.3. The molecule has 1 fully saturated rings. The van der Waals surface area contributed by atoms with Crippen LogP contribution in [0, 0.1) is 12.8 Å². The number of halogens is 2. The van der Waals surface area contributed by atoms with Gasteiger partial charge in [-0.25, -0.2) is 0 Å². The fourth-order valence-electron chi connectivity index (χ4n) is 1.62. The highest BCUT2D eigenvalue weighted by atomic mass is 35.5. The van der Waals surface area contributed by atoms with Crippen LogP contribution in [0.3, 0.4) is 0 Å². The van der Waals surface area contributed by atoms with Crippen molar-refractivity contribution in [3.63, 3.8) is 0 Å². The van der Waals surface area contributed by atoms with Crippen molar-refractivity contribution in [2.24, 2.45) is 5.92 Å². The Morgan fingerprint density at radius 2 is 2.14 bits per heavy atom. The first-order valence-corrected chi connectivity index (χ1v) is 5.24. The summed E-state index contributed by atoms with van der Waals surface area (Å²) in [5, 5.41) is 1.30. The second-order valence-electron chi connectivity index (χ2n) is 3.70. The Kier molecular flexibility index (Phi) is 2.50. The molecular formula is C11H11Cl2O. The maximum Gasteiger partial charge on any atom is 0.120 e. The summed E-state index contributed by atoms with van der Waals surface area (Å²) >= 11 is 11.9. The van der Waals surface area contributed by atoms with Crippen molar-refractivity contribution in [3.8, 4) is 0 Å². The average molecular weight is 230 g/mol. The SMILES string of the molecule is [CH2][C@H](C)[C@@]1(c2ccc(Cl)cc2Cl)CO1. The van der Waals surface area contributed by atoms with Gasteiger partial charge in [0.25, 0.3) is 0 Å². The van der Waals surface area contributed by atoms with Crippen molar-refractivity contribution in [2.75, 3.05) is 6.61 Å². The van der Waals surface area contributed by atoms with Crippen molar-refractivity contribution in [1.29, 1.82) is 0 Å². The molecule has 0 N–H and O–H groups in total. The van der Waals surface area contributed by atoms with E-state index in [2.05, 4.69) is 6.92 Å². The van der Waals surface area contributed by atoms with E-state index in [-0.39, 0.29) is 11.5 Å². The lowest BCUT2D eigenvalue weighted by Gasteiger charge is -2.17. The number of ether oxygens (including phenoxy) is 1. The van der Waals surface area contributed by atoms with Crippen LogP contribution in [0.1, 0.15) is 12.5 Å². The standard InChI is InChI=1S/C11H11Cl2O/c1-7(2)11(6-14-11)9-4-3-8(12)5-10(9)13/h3-5,7H,1,6H2,2H3/t7-,11-/m1/s1. The third-order valence-electron chi connectivity index (χ3n) is 2.64. The molecule has 0 saturated carbocycles. The molecule has 1 aliphatic heterocycles. The molecule has 2 rings (SSSR count). The lowest BCUT2D eigenvalue weighted by atomic mass is 9.89. The van der Waals surface area contributed by atoms with E-state index in [1.54, 1.807) is 6.07 Å². The van der Waals surface area contributed by atoms with Gasteiger partial charge < -0.3 is 4.74 Å². The molecule has 0 spiro atoms. The summed E-state index contributed by atoms with van der Waals surface area (Å²) in [6.07, 6.45) is 0. The van der Waals surface area contributed by atoms with Gasteiger partial charge in [-0.1, -0.05) is 36.2 Å². The number of epoxide rings is 1. The molecule has 0 bridgehead atoms. The van der Waals surface area contributed by atoms with Crippen molar-refractivity contribution in [3.05, 3.63) is 40.7 Å². The summed E-state index contributed by atoms with van der Waals surface area (Å²) in [6.45, 7) is 6.72. The van der Waals surface area contributed by atoms with E-state index in [4.69, 9.17) is 27.9 Å². The summed E-state index contributed by atoms with van der Waals surface area (Å²) in [5.41, 5.74) is 0.716. The first-order valence-electron chi connectivity index (χ1n) is 4.49. The zero-order valence-electron chi connectivity index (χ0n) is 7.89. The molecule has 1 aromatic carbocycles. The Labute approximate surface area is 94.0 Å². The summed E-state index contributed by atoms with van der Waals surface area (Å²) in [5.74, 6) is 0.182. The minimum absolute atomic E-state index is 0.182. The summed E-state index contributed by atoms with van der Waals surface area (Å²) in [4.78, 5) is 0. The average Bonchev–Trinajstić information content (AvgIpc) is 2.84. The van der Waals surface area contributed by atoms with Gasteiger partial charge in [-0.05, 0) is 25.0 Å². The Morgan fingerprint density at radius 3 is 2.57 bits per heavy atom. The summed E-state index contributed by atoms with van der Waals surface area (Å²) in [7, 11) is 0. The molecule has 1 aromatic rings. The maximum absolute atomic E-state index is 6.11. The van der Waals surface area contributed by atoms with E-state index in [9.17, 15) is 0 Å². The number of hydrogen-bond acceptors (Lipinski definition) is 1. The van der Waals surface area contributed by atoms with Gasteiger partial charge in [0.2, 0.25) is 0 Å². The molecule has 0 unspecified atom stereocenters. The molecule has 1 nitrogen and oxygen atoms in total. The lowest BCUT2D eigenvalue weighted by Crippen LogP contribution is -2.17. The number of hydrogen-bond donors (Lipinski definition) is 0. The van der Waals surface area contributed by atoms with Crippen LogP contribution in [0.5, 0.6) is 0 Å². The third kappa shape index (κ3) is 1.54. The van der Waals surface area contributed by atoms with Gasteiger partial charge in [0.05, 0.1) is 6.61 Å². The predicted molar refractivity (Wildman–Crippen MR) is 58.6 cm³/mol. The van der Waals surface area contributed by atoms with Gasteiger partial charge in [-0.2, -0.15) is 0 Å². The van der Waals surface area contributed by atoms with Crippen LogP contribution in [0.25, 0.3) is 0 Å². The predicted octanol–water partition coefficient (Wildman–Crippen LogP) is 3.69. The molecule has 3 heteroatoms. The molecule has 2 atom stereocenters. The van der Waals surface area contributed by atoms with E-state index in [1.807, 2.05) is 19.1 Å². The van der Waals surface area contributed by atoms with Crippen molar-refractivity contribution >= 4 is 23.2 Å². The minimum atomic E-state index is -0.276. The second-order valence-corrected chi connectivity index (χ2v) is 4.55. The fraction of sp³-hybridized carbons (Fsp3) is 0.364. The Morgan fingerprint density at radius 1 is 1.50 bits per heavy atom. The minimum Gasteiger partial charge on any atom is -0.364 e. The van der Waals surface area contributed by atoms with Gasteiger partial charge in [0, 0.05) is 15.6 Å². The molecule has 75 valence electrons. The number of benzene rings is 1. The van der Waals surface area contributed by atoms with Crippen LogP contribution in [-0.2, 0) is 10.3 Å². The fourth-order valence-corrected chi connectivity index (χ4v) is 2.18. The zero-order valence-corrected chi connectivity index (χ0v) is 9.40. The smallest absolute Gasteiger partial charge is 0.120 e. The third-order valence-corrected chi connectivity index (χ3v) is 3.19. The first-order chi connectivity index (χ1) is 6.56. The van der Waals surface area contributed by atoms with Crippen LogP contribution >= 0.6 is 23.2 Å². The van der Waals surface area contributed by atoms with Crippen LogP contribution in [0.4, 0.5) is 0 Å². The molecule has 14 heavy (non-hydrogen) atoms. The molecule has 1 saturated heterocycles. The summed E-state index contributed by atoms with van der Waals surface area (Å²) < 4.78 is 5.47. The quantitative estimate of drug-likeness (QED) is 0.706. The Bertz CT molecular complexity index is 356. The summed E-state index contributed by atoms with van der Waals surface area (Å²) in [6, 6.07) is 5.48. The van der Waals surface area contributed by atoms with Crippen LogP contribution in [0.2, 0.25) is 10.0 Å². The van der Waals surface area contributed by atoms with Gasteiger partial charge in [0.15, 0.2) is 0 Å². The lowest BCUT2D eigenvalue weighted by molar-refractivity contribution is 0.258. The molecule has 0 aliphatic carbocycles. The first kappa shape index (κ1) is 10.3. The van der Waals surface area contributed by atoms with Crippen LogP contribution in [-0.4, -0.2) is 6.61 Å². The van der Waals surface area contributed by atoms with E-state index in [1.165, 1.54) is 0 Å². The van der Waals surface area contributed by atoms with E-state index in [0.717, 1.165) is 5.56 Å². The van der Waals surface area contributed by atoms with Crippen LogP contribution < -0.4 is 0 Å². The van der Waals surface area contributed by atoms with Gasteiger partial charge in [0.1, 0.15) is 5.60 Å². The monoisotopic (exact) mass is 229 g/mol. The van der Waals surface area contributed by atoms with Gasteiger partial charge in [-0.15, -0.1) is 0 Å². The maximum atomic E-state index is 6.11. The highest BCUT2D eigenvalue weighted by Crippen LogP contribution is 2.47. The van der Waals surface area contributed by atoms with E-state index >= 15 is 0 Å². The highest BCUT2D eigenvalue weighted by molar-refractivity contribution is 6.35. The van der Waals surface area contributed by atoms with Gasteiger partial charge >= 0.3 is 0 Å². The molecular weight excluding hydrogens is 219 g/mol. The number of rotatable bonds is 2. The topological polar surface area (TPSA) is 12.5 Å². The molecule has 0 aromatic heterocycles. The molecule has 0 amide bonds. The van der Waals surface area contributed by atoms with Gasteiger partial charge in [-0.3, -0.25) is 0 Å². The Balaban J connectivity index is 2.42. The van der Waals surface area contributed by atoms with Crippen molar-refractivity contribution < 1.29 is 4.74 Å². The van der Waals surface area contributed by atoms with E-state index < -0.39 is 0 Å². The molecule has 1 radical (unpaired) electrons. The van der Waals surface area contributed by atoms with Crippen molar-refractivity contribution in [1.82, 2.24) is 0 Å². The van der Waals surface area contributed by atoms with Crippen molar-refractivity contribution in [2.45, 2.75) is 12.5 Å². The Hall–Kier alpha value is -0.240. The molecule has 1 heterocycles. The largest absolute Gasteiger partial charge is 0.364 e. The second kappa shape index (κ2) is 3.41. The van der Waals surface area contributed by atoms with Crippen LogP contribution in [0.15, 0.2) is 18.2 Å².